The zero-order valence-electron chi connectivity index (χ0n) is 12.4. The zero-order chi connectivity index (χ0) is 15.8. The first-order chi connectivity index (χ1) is 9.68. The molecule has 1 aliphatic carbocycles. The predicted octanol–water partition coefficient (Wildman–Crippen LogP) is 3.91. The van der Waals surface area contributed by atoms with E-state index in [4.69, 9.17) is 0 Å². The van der Waals surface area contributed by atoms with Crippen LogP contribution in [0.25, 0.3) is 0 Å². The van der Waals surface area contributed by atoms with Crippen LogP contribution in [-0.4, -0.2) is 17.0 Å². The normalized spacial score (nSPS) is 27.3. The van der Waals surface area contributed by atoms with E-state index < -0.39 is 22.7 Å². The van der Waals surface area contributed by atoms with Crippen LogP contribution in [0.1, 0.15) is 33.6 Å². The van der Waals surface area contributed by atoms with Crippen molar-refractivity contribution in [2.24, 2.45) is 16.7 Å². The molecule has 2 atom stereocenters. The van der Waals surface area contributed by atoms with Crippen molar-refractivity contribution in [3.05, 3.63) is 28.7 Å². The van der Waals surface area contributed by atoms with E-state index in [0.717, 1.165) is 4.47 Å². The van der Waals surface area contributed by atoms with Crippen LogP contribution in [0.4, 0.5) is 5.69 Å². The molecule has 0 aromatic heterocycles. The summed E-state index contributed by atoms with van der Waals surface area (Å²) in [6.45, 7) is 5.61. The van der Waals surface area contributed by atoms with Crippen molar-refractivity contribution in [1.82, 2.24) is 0 Å². The molecule has 1 aromatic rings. The predicted molar refractivity (Wildman–Crippen MR) is 85.0 cm³/mol. The molecule has 0 radical (unpaired) electrons. The average Bonchev–Trinajstić information content (AvgIpc) is 2.61. The van der Waals surface area contributed by atoms with Gasteiger partial charge in [-0.3, -0.25) is 9.59 Å². The SMILES string of the molecule is CC1(C)[C@H](C(=O)O)CC[C@@]1(C)C(=O)Nc1cccc(Br)c1. The van der Waals surface area contributed by atoms with Gasteiger partial charge in [-0.25, -0.2) is 0 Å². The number of carboxylic acid groups (broad SMARTS) is 1. The van der Waals surface area contributed by atoms with Gasteiger partial charge in [-0.1, -0.05) is 42.8 Å². The van der Waals surface area contributed by atoms with Crippen molar-refractivity contribution >= 4 is 33.5 Å². The number of benzene rings is 1. The van der Waals surface area contributed by atoms with Gasteiger partial charge in [0.25, 0.3) is 0 Å². The second-order valence-electron chi connectivity index (χ2n) is 6.45. The summed E-state index contributed by atoms with van der Waals surface area (Å²) in [4.78, 5) is 24.1. The van der Waals surface area contributed by atoms with Gasteiger partial charge in [0.15, 0.2) is 0 Å². The van der Waals surface area contributed by atoms with E-state index in [-0.39, 0.29) is 5.91 Å². The van der Waals surface area contributed by atoms with Crippen LogP contribution in [0.5, 0.6) is 0 Å². The Kier molecular flexibility index (Phi) is 4.15. The molecular formula is C16H20BrNO3. The zero-order valence-corrected chi connectivity index (χ0v) is 14.0. The quantitative estimate of drug-likeness (QED) is 0.865. The molecule has 0 saturated heterocycles. The monoisotopic (exact) mass is 353 g/mol. The fourth-order valence-electron chi connectivity index (χ4n) is 3.17. The average molecular weight is 354 g/mol. The molecule has 1 aromatic carbocycles. The summed E-state index contributed by atoms with van der Waals surface area (Å²) in [5, 5.41) is 12.3. The number of halogens is 1. The van der Waals surface area contributed by atoms with E-state index in [1.807, 2.05) is 45.0 Å². The standard InChI is InChI=1S/C16H20BrNO3/c1-15(2)12(13(19)20)7-8-16(15,3)14(21)18-11-6-4-5-10(17)9-11/h4-6,9,12H,7-8H2,1-3H3,(H,18,21)(H,19,20)/t12-,16-/m0/s1. The van der Waals surface area contributed by atoms with Gasteiger partial charge in [0.1, 0.15) is 0 Å². The summed E-state index contributed by atoms with van der Waals surface area (Å²) in [5.41, 5.74) is -0.571. The third kappa shape index (κ3) is 2.71. The van der Waals surface area contributed by atoms with E-state index in [1.54, 1.807) is 0 Å². The van der Waals surface area contributed by atoms with Gasteiger partial charge in [0, 0.05) is 10.2 Å². The molecule has 0 unspecified atom stereocenters. The Hall–Kier alpha value is -1.36. The van der Waals surface area contributed by atoms with Crippen molar-refractivity contribution in [2.75, 3.05) is 5.32 Å². The Morgan fingerprint density at radius 1 is 1.33 bits per heavy atom. The Balaban J connectivity index is 2.24. The van der Waals surface area contributed by atoms with Gasteiger partial charge in [0.2, 0.25) is 5.91 Å². The number of carbonyl (C=O) groups excluding carboxylic acids is 1. The Morgan fingerprint density at radius 3 is 2.52 bits per heavy atom. The third-order valence-corrected chi connectivity index (χ3v) is 5.60. The smallest absolute Gasteiger partial charge is 0.307 e. The summed E-state index contributed by atoms with van der Waals surface area (Å²) >= 11 is 3.37. The molecule has 114 valence electrons. The van der Waals surface area contributed by atoms with Crippen LogP contribution in [0.2, 0.25) is 0 Å². The van der Waals surface area contributed by atoms with Gasteiger partial charge >= 0.3 is 5.97 Å². The number of nitrogens with one attached hydrogen (secondary N) is 1. The number of hydrogen-bond donors (Lipinski definition) is 2. The maximum absolute atomic E-state index is 12.7. The molecule has 0 bridgehead atoms. The van der Waals surface area contributed by atoms with Crippen molar-refractivity contribution in [1.29, 1.82) is 0 Å². The van der Waals surface area contributed by atoms with Gasteiger partial charge in [0.05, 0.1) is 11.3 Å². The van der Waals surface area contributed by atoms with Gasteiger partial charge in [-0.2, -0.15) is 0 Å². The second-order valence-corrected chi connectivity index (χ2v) is 7.36. The van der Waals surface area contributed by atoms with Crippen LogP contribution in [0.15, 0.2) is 28.7 Å². The number of anilines is 1. The molecular weight excluding hydrogens is 334 g/mol. The number of hydrogen-bond acceptors (Lipinski definition) is 2. The maximum Gasteiger partial charge on any atom is 0.307 e. The van der Waals surface area contributed by atoms with Crippen LogP contribution in [0.3, 0.4) is 0 Å². The Labute approximate surface area is 133 Å². The first-order valence-electron chi connectivity index (χ1n) is 6.98. The highest BCUT2D eigenvalue weighted by molar-refractivity contribution is 9.10. The topological polar surface area (TPSA) is 66.4 Å². The Morgan fingerprint density at radius 2 is 2.00 bits per heavy atom. The minimum absolute atomic E-state index is 0.116. The number of aliphatic carboxylic acids is 1. The number of carboxylic acids is 1. The first-order valence-corrected chi connectivity index (χ1v) is 7.77. The number of amides is 1. The molecule has 2 rings (SSSR count). The molecule has 0 aliphatic heterocycles. The lowest BCUT2D eigenvalue weighted by Gasteiger charge is -2.39. The Bertz CT molecular complexity index is 585. The van der Waals surface area contributed by atoms with Crippen molar-refractivity contribution in [3.63, 3.8) is 0 Å². The van der Waals surface area contributed by atoms with Crippen molar-refractivity contribution in [3.8, 4) is 0 Å². The lowest BCUT2D eigenvalue weighted by Crippen LogP contribution is -2.45. The van der Waals surface area contributed by atoms with Gasteiger partial charge in [-0.05, 0) is 36.5 Å². The minimum atomic E-state index is -0.820. The molecule has 1 saturated carbocycles. The fourth-order valence-corrected chi connectivity index (χ4v) is 3.57. The summed E-state index contributed by atoms with van der Waals surface area (Å²) in [6, 6.07) is 7.39. The molecule has 2 N–H and O–H groups in total. The lowest BCUT2D eigenvalue weighted by molar-refractivity contribution is -0.147. The number of rotatable bonds is 3. The molecule has 0 spiro atoms. The lowest BCUT2D eigenvalue weighted by atomic mass is 9.65. The van der Waals surface area contributed by atoms with E-state index in [0.29, 0.717) is 18.5 Å². The molecule has 21 heavy (non-hydrogen) atoms. The highest BCUT2D eigenvalue weighted by Gasteiger charge is 2.58. The van der Waals surface area contributed by atoms with Crippen LogP contribution in [0, 0.1) is 16.7 Å². The largest absolute Gasteiger partial charge is 0.481 e. The van der Waals surface area contributed by atoms with E-state index in [1.165, 1.54) is 0 Å². The van der Waals surface area contributed by atoms with Crippen molar-refractivity contribution < 1.29 is 14.7 Å². The highest BCUT2D eigenvalue weighted by atomic mass is 79.9. The molecule has 1 amide bonds. The minimum Gasteiger partial charge on any atom is -0.481 e. The summed E-state index contributed by atoms with van der Waals surface area (Å²) in [6.07, 6.45) is 1.11. The summed E-state index contributed by atoms with van der Waals surface area (Å²) in [5.74, 6) is -1.43. The first kappa shape index (κ1) is 16.0. The third-order valence-electron chi connectivity index (χ3n) is 5.11. The van der Waals surface area contributed by atoms with Crippen LogP contribution >= 0.6 is 15.9 Å². The van der Waals surface area contributed by atoms with Crippen molar-refractivity contribution in [2.45, 2.75) is 33.6 Å². The molecule has 1 fully saturated rings. The summed E-state index contributed by atoms with van der Waals surface area (Å²) in [7, 11) is 0. The fraction of sp³-hybridized carbons (Fsp3) is 0.500. The van der Waals surface area contributed by atoms with E-state index >= 15 is 0 Å². The van der Waals surface area contributed by atoms with Crippen LogP contribution < -0.4 is 5.32 Å². The highest BCUT2D eigenvalue weighted by Crippen LogP contribution is 2.56. The molecule has 5 heteroatoms. The van der Waals surface area contributed by atoms with Gasteiger partial charge in [-0.15, -0.1) is 0 Å². The molecule has 1 aliphatic rings. The van der Waals surface area contributed by atoms with Crippen LogP contribution in [-0.2, 0) is 9.59 Å². The molecule has 4 nitrogen and oxygen atoms in total. The molecule has 0 heterocycles. The van der Waals surface area contributed by atoms with Gasteiger partial charge < -0.3 is 10.4 Å². The van der Waals surface area contributed by atoms with E-state index in [9.17, 15) is 14.7 Å². The maximum atomic E-state index is 12.7. The van der Waals surface area contributed by atoms with E-state index in [2.05, 4.69) is 21.2 Å². The number of carbonyl (C=O) groups is 2. The second kappa shape index (κ2) is 5.44. The summed E-state index contributed by atoms with van der Waals surface area (Å²) < 4.78 is 0.888.